The van der Waals surface area contributed by atoms with Crippen molar-refractivity contribution in [2.45, 2.75) is 32.7 Å². The van der Waals surface area contributed by atoms with Crippen LogP contribution >= 0.6 is 15.9 Å². The Morgan fingerprint density at radius 1 is 1.03 bits per heavy atom. The Morgan fingerprint density at radius 3 is 2.45 bits per heavy atom. The average molecular weight is 487 g/mol. The number of aryl methyl sites for hydroxylation is 1. The van der Waals surface area contributed by atoms with Gasteiger partial charge in [-0.25, -0.2) is 4.68 Å². The SMILES string of the molecule is CCCCCn1nc(C(=O)NNC(=O)COc2ccc(Br)cc2)c2ccccc2c1=O. The summed E-state index contributed by atoms with van der Waals surface area (Å²) in [6, 6.07) is 13.8. The maximum Gasteiger partial charge on any atom is 0.290 e. The third-order valence-electron chi connectivity index (χ3n) is 4.56. The first-order chi connectivity index (χ1) is 15.0. The number of nitrogens with one attached hydrogen (secondary N) is 2. The first-order valence-corrected chi connectivity index (χ1v) is 10.8. The Morgan fingerprint density at radius 2 is 1.74 bits per heavy atom. The molecule has 0 bridgehead atoms. The molecule has 3 rings (SSSR count). The van der Waals surface area contributed by atoms with Crippen molar-refractivity contribution in [1.29, 1.82) is 0 Å². The number of carbonyl (C=O) groups is 2. The zero-order valence-electron chi connectivity index (χ0n) is 17.1. The van der Waals surface area contributed by atoms with Gasteiger partial charge in [-0.15, -0.1) is 0 Å². The Hall–Kier alpha value is -3.20. The summed E-state index contributed by atoms with van der Waals surface area (Å²) in [5.41, 5.74) is 4.49. The monoisotopic (exact) mass is 486 g/mol. The Kier molecular flexibility index (Phi) is 7.77. The van der Waals surface area contributed by atoms with E-state index in [0.29, 0.717) is 23.1 Å². The molecule has 1 aromatic heterocycles. The molecule has 2 aromatic carbocycles. The van der Waals surface area contributed by atoms with E-state index in [2.05, 4.69) is 38.8 Å². The third kappa shape index (κ3) is 5.91. The molecule has 0 aliphatic heterocycles. The van der Waals surface area contributed by atoms with E-state index in [9.17, 15) is 14.4 Å². The van der Waals surface area contributed by atoms with E-state index in [1.165, 1.54) is 4.68 Å². The number of ether oxygens (including phenoxy) is 1. The molecule has 0 unspecified atom stereocenters. The van der Waals surface area contributed by atoms with Crippen molar-refractivity contribution in [2.75, 3.05) is 6.61 Å². The second-order valence-corrected chi connectivity index (χ2v) is 7.79. The van der Waals surface area contributed by atoms with Crippen molar-refractivity contribution >= 4 is 38.5 Å². The van der Waals surface area contributed by atoms with Gasteiger partial charge in [-0.2, -0.15) is 5.10 Å². The topological polar surface area (TPSA) is 102 Å². The number of carbonyl (C=O) groups excluding carboxylic acids is 2. The summed E-state index contributed by atoms with van der Waals surface area (Å²) >= 11 is 3.32. The predicted molar refractivity (Wildman–Crippen MR) is 121 cm³/mol. The number of hydrogen-bond donors (Lipinski definition) is 2. The lowest BCUT2D eigenvalue weighted by molar-refractivity contribution is -0.123. The van der Waals surface area contributed by atoms with Gasteiger partial charge in [0, 0.05) is 16.4 Å². The van der Waals surface area contributed by atoms with Crippen LogP contribution in [-0.2, 0) is 11.3 Å². The standard InChI is InChI=1S/C22H23BrN4O4/c1-2-3-6-13-27-22(30)18-8-5-4-7-17(18)20(26-27)21(29)25-24-19(28)14-31-16-11-9-15(23)10-12-16/h4-5,7-12H,2-3,6,13-14H2,1H3,(H,24,28)(H,25,29). The minimum atomic E-state index is -0.613. The average Bonchev–Trinajstić information content (AvgIpc) is 2.79. The minimum absolute atomic E-state index is 0.0702. The molecule has 0 atom stereocenters. The Bertz CT molecular complexity index is 1130. The molecule has 8 nitrogen and oxygen atoms in total. The molecular weight excluding hydrogens is 464 g/mol. The van der Waals surface area contributed by atoms with Crippen molar-refractivity contribution in [3.63, 3.8) is 0 Å². The van der Waals surface area contributed by atoms with E-state index in [0.717, 1.165) is 23.7 Å². The van der Waals surface area contributed by atoms with E-state index in [-0.39, 0.29) is 17.9 Å². The molecule has 0 aliphatic carbocycles. The van der Waals surface area contributed by atoms with Crippen molar-refractivity contribution in [2.24, 2.45) is 0 Å². The van der Waals surface area contributed by atoms with Gasteiger partial charge in [-0.1, -0.05) is 53.9 Å². The van der Waals surface area contributed by atoms with Gasteiger partial charge in [0.15, 0.2) is 12.3 Å². The summed E-state index contributed by atoms with van der Waals surface area (Å²) in [5, 5.41) is 5.09. The van der Waals surface area contributed by atoms with Crippen molar-refractivity contribution in [3.05, 3.63) is 69.1 Å². The van der Waals surface area contributed by atoms with E-state index in [1.54, 1.807) is 48.5 Å². The van der Waals surface area contributed by atoms with Crippen LogP contribution < -0.4 is 21.1 Å². The van der Waals surface area contributed by atoms with Crippen molar-refractivity contribution in [3.8, 4) is 5.75 Å². The van der Waals surface area contributed by atoms with Gasteiger partial charge in [-0.3, -0.25) is 25.2 Å². The lowest BCUT2D eigenvalue weighted by atomic mass is 10.1. The number of unbranched alkanes of at least 4 members (excludes halogenated alkanes) is 2. The van der Waals surface area contributed by atoms with E-state index in [4.69, 9.17) is 4.74 Å². The normalized spacial score (nSPS) is 10.6. The molecule has 9 heteroatoms. The Balaban J connectivity index is 1.69. The molecule has 0 radical (unpaired) electrons. The molecule has 3 aromatic rings. The smallest absolute Gasteiger partial charge is 0.290 e. The molecular formula is C22H23BrN4O4. The molecule has 0 spiro atoms. The second kappa shape index (κ2) is 10.7. The fraction of sp³-hybridized carbons (Fsp3) is 0.273. The van der Waals surface area contributed by atoms with Crippen LogP contribution in [0.2, 0.25) is 0 Å². The van der Waals surface area contributed by atoms with Crippen molar-refractivity contribution < 1.29 is 14.3 Å². The molecule has 1 heterocycles. The van der Waals surface area contributed by atoms with Crippen molar-refractivity contribution in [1.82, 2.24) is 20.6 Å². The fourth-order valence-electron chi connectivity index (χ4n) is 2.97. The third-order valence-corrected chi connectivity index (χ3v) is 5.08. The quantitative estimate of drug-likeness (QED) is 0.376. The first kappa shape index (κ1) is 22.5. The van der Waals surface area contributed by atoms with Crippen LogP contribution in [0.1, 0.15) is 36.7 Å². The van der Waals surface area contributed by atoms with Crippen LogP contribution in [0.5, 0.6) is 5.75 Å². The number of benzene rings is 2. The minimum Gasteiger partial charge on any atom is -0.484 e. The van der Waals surface area contributed by atoms with E-state index in [1.807, 2.05) is 0 Å². The van der Waals surface area contributed by atoms with Crippen LogP contribution in [0.4, 0.5) is 0 Å². The summed E-state index contributed by atoms with van der Waals surface area (Å²) in [7, 11) is 0. The number of hydrazine groups is 1. The zero-order chi connectivity index (χ0) is 22.2. The number of fused-ring (bicyclic) bond motifs is 1. The largest absolute Gasteiger partial charge is 0.484 e. The zero-order valence-corrected chi connectivity index (χ0v) is 18.6. The van der Waals surface area contributed by atoms with Gasteiger partial charge in [0.05, 0.1) is 5.39 Å². The molecule has 0 saturated heterocycles. The number of aromatic nitrogens is 2. The summed E-state index contributed by atoms with van der Waals surface area (Å²) in [4.78, 5) is 37.4. The van der Waals surface area contributed by atoms with Gasteiger partial charge in [0.1, 0.15) is 5.75 Å². The highest BCUT2D eigenvalue weighted by atomic mass is 79.9. The van der Waals surface area contributed by atoms with Gasteiger partial charge in [-0.05, 0) is 36.8 Å². The number of hydrogen-bond acceptors (Lipinski definition) is 5. The molecule has 31 heavy (non-hydrogen) atoms. The summed E-state index contributed by atoms with van der Waals surface area (Å²) in [5.74, 6) is -0.620. The highest BCUT2D eigenvalue weighted by Gasteiger charge is 2.17. The summed E-state index contributed by atoms with van der Waals surface area (Å²) < 4.78 is 7.58. The highest BCUT2D eigenvalue weighted by Crippen LogP contribution is 2.16. The van der Waals surface area contributed by atoms with E-state index >= 15 is 0 Å². The predicted octanol–water partition coefficient (Wildman–Crippen LogP) is 3.19. The molecule has 162 valence electrons. The molecule has 0 saturated carbocycles. The molecule has 0 fully saturated rings. The molecule has 0 aliphatic rings. The van der Waals surface area contributed by atoms with Gasteiger partial charge >= 0.3 is 0 Å². The lowest BCUT2D eigenvalue weighted by Crippen LogP contribution is -2.44. The van der Waals surface area contributed by atoms with Crippen LogP contribution in [0, 0.1) is 0 Å². The molecule has 2 N–H and O–H groups in total. The Labute approximate surface area is 187 Å². The maximum absolute atomic E-state index is 12.7. The van der Waals surface area contributed by atoms with Crippen LogP contribution in [-0.4, -0.2) is 28.2 Å². The van der Waals surface area contributed by atoms with Gasteiger partial charge in [0.2, 0.25) is 0 Å². The number of nitrogens with zero attached hydrogens (tertiary/aromatic N) is 2. The van der Waals surface area contributed by atoms with Gasteiger partial charge in [0.25, 0.3) is 17.4 Å². The van der Waals surface area contributed by atoms with Crippen LogP contribution in [0.25, 0.3) is 10.8 Å². The number of amides is 2. The van der Waals surface area contributed by atoms with Crippen LogP contribution in [0.3, 0.4) is 0 Å². The highest BCUT2D eigenvalue weighted by molar-refractivity contribution is 9.10. The summed E-state index contributed by atoms with van der Waals surface area (Å²) in [6.07, 6.45) is 2.74. The van der Waals surface area contributed by atoms with Gasteiger partial charge < -0.3 is 4.74 Å². The number of halogens is 1. The second-order valence-electron chi connectivity index (χ2n) is 6.87. The first-order valence-electron chi connectivity index (χ1n) is 9.97. The summed E-state index contributed by atoms with van der Waals surface area (Å²) in [6.45, 7) is 2.22. The fourth-order valence-corrected chi connectivity index (χ4v) is 3.23. The maximum atomic E-state index is 12.7. The van der Waals surface area contributed by atoms with Crippen LogP contribution in [0.15, 0.2) is 57.8 Å². The lowest BCUT2D eigenvalue weighted by Gasteiger charge is -2.12. The number of rotatable bonds is 8. The molecule has 2 amide bonds. The van der Waals surface area contributed by atoms with E-state index < -0.39 is 11.8 Å².